The maximum atomic E-state index is 5.38. The van der Waals surface area contributed by atoms with Gasteiger partial charge in [-0.15, -0.1) is 0 Å². The molecular weight excluding hydrogens is 230 g/mol. The van der Waals surface area contributed by atoms with Gasteiger partial charge in [-0.05, 0) is 24.6 Å². The fourth-order valence-electron chi connectivity index (χ4n) is 1.60. The van der Waals surface area contributed by atoms with Crippen molar-refractivity contribution in [2.45, 2.75) is 13.5 Å². The third kappa shape index (κ3) is 3.15. The van der Waals surface area contributed by atoms with Gasteiger partial charge >= 0.3 is 0 Å². The minimum atomic E-state index is 0.628. The van der Waals surface area contributed by atoms with Gasteiger partial charge in [-0.25, -0.2) is 9.97 Å². The summed E-state index contributed by atoms with van der Waals surface area (Å²) < 4.78 is 10.4. The number of aromatic nitrogens is 2. The van der Waals surface area contributed by atoms with Crippen molar-refractivity contribution in [3.63, 3.8) is 0 Å². The number of hydrogen-bond donors (Lipinski definition) is 1. The Bertz CT molecular complexity index is 496. The second-order valence-corrected chi connectivity index (χ2v) is 3.97. The van der Waals surface area contributed by atoms with Crippen LogP contribution in [0.15, 0.2) is 29.0 Å². The Morgan fingerprint density at radius 1 is 1.39 bits per heavy atom. The van der Waals surface area contributed by atoms with Crippen LogP contribution in [0.5, 0.6) is 0 Å². The maximum absolute atomic E-state index is 5.38. The van der Waals surface area contributed by atoms with Crippen molar-refractivity contribution in [2.24, 2.45) is 0 Å². The van der Waals surface area contributed by atoms with Crippen molar-refractivity contribution in [2.75, 3.05) is 20.3 Å². The summed E-state index contributed by atoms with van der Waals surface area (Å²) >= 11 is 0. The molecule has 1 N–H and O–H groups in total. The van der Waals surface area contributed by atoms with Crippen molar-refractivity contribution in [1.82, 2.24) is 15.3 Å². The molecule has 0 aliphatic heterocycles. The minimum Gasteiger partial charge on any atom is -0.461 e. The number of nitrogens with one attached hydrogen (secondary N) is 1. The van der Waals surface area contributed by atoms with Gasteiger partial charge in [0, 0.05) is 26.4 Å². The van der Waals surface area contributed by atoms with E-state index >= 15 is 0 Å². The number of ether oxygens (including phenoxy) is 1. The molecule has 96 valence electrons. The predicted molar refractivity (Wildman–Crippen MR) is 68.1 cm³/mol. The van der Waals surface area contributed by atoms with Crippen molar-refractivity contribution < 1.29 is 9.15 Å². The average molecular weight is 247 g/mol. The summed E-state index contributed by atoms with van der Waals surface area (Å²) in [6, 6.07) is 3.80. The number of rotatable bonds is 6. The summed E-state index contributed by atoms with van der Waals surface area (Å²) in [4.78, 5) is 8.70. The summed E-state index contributed by atoms with van der Waals surface area (Å²) in [5.41, 5.74) is 1.98. The SMILES string of the molecule is COCCNCc1ccnc(-c2occc2C)n1. The van der Waals surface area contributed by atoms with Gasteiger partial charge in [0.1, 0.15) is 0 Å². The molecule has 0 saturated carbocycles. The Hall–Kier alpha value is -1.72. The molecule has 0 aliphatic carbocycles. The maximum Gasteiger partial charge on any atom is 0.196 e. The minimum absolute atomic E-state index is 0.628. The van der Waals surface area contributed by atoms with Crippen LogP contribution < -0.4 is 5.32 Å². The molecule has 0 aliphatic rings. The molecule has 0 fully saturated rings. The molecule has 18 heavy (non-hydrogen) atoms. The lowest BCUT2D eigenvalue weighted by Crippen LogP contribution is -2.19. The van der Waals surface area contributed by atoms with E-state index in [0.29, 0.717) is 19.0 Å². The quantitative estimate of drug-likeness (QED) is 0.788. The van der Waals surface area contributed by atoms with Crippen LogP contribution in [-0.2, 0) is 11.3 Å². The van der Waals surface area contributed by atoms with E-state index in [2.05, 4.69) is 15.3 Å². The second-order valence-electron chi connectivity index (χ2n) is 3.97. The van der Waals surface area contributed by atoms with E-state index in [9.17, 15) is 0 Å². The summed E-state index contributed by atoms with van der Waals surface area (Å²) in [5, 5.41) is 3.24. The van der Waals surface area contributed by atoms with Gasteiger partial charge in [-0.1, -0.05) is 0 Å². The normalized spacial score (nSPS) is 10.8. The van der Waals surface area contributed by atoms with E-state index in [-0.39, 0.29) is 0 Å². The van der Waals surface area contributed by atoms with Crippen LogP contribution in [0.25, 0.3) is 11.6 Å². The number of nitrogens with zero attached hydrogens (tertiary/aromatic N) is 2. The molecular formula is C13H17N3O2. The molecule has 0 radical (unpaired) electrons. The van der Waals surface area contributed by atoms with Crippen molar-refractivity contribution in [1.29, 1.82) is 0 Å². The third-order valence-electron chi connectivity index (χ3n) is 2.57. The molecule has 2 rings (SSSR count). The molecule has 0 unspecified atom stereocenters. The van der Waals surface area contributed by atoms with Crippen LogP contribution in [0.4, 0.5) is 0 Å². The molecule has 0 amide bonds. The van der Waals surface area contributed by atoms with Crippen LogP contribution in [0, 0.1) is 6.92 Å². The Labute approximate surface area is 106 Å². The highest BCUT2D eigenvalue weighted by atomic mass is 16.5. The fourth-order valence-corrected chi connectivity index (χ4v) is 1.60. The highest BCUT2D eigenvalue weighted by Crippen LogP contribution is 2.20. The summed E-state index contributed by atoms with van der Waals surface area (Å²) in [7, 11) is 1.68. The first kappa shape index (κ1) is 12.7. The molecule has 2 heterocycles. The molecule has 0 aromatic carbocycles. The largest absolute Gasteiger partial charge is 0.461 e. The van der Waals surface area contributed by atoms with Crippen LogP contribution in [0.1, 0.15) is 11.3 Å². The topological polar surface area (TPSA) is 60.2 Å². The van der Waals surface area contributed by atoms with Gasteiger partial charge in [-0.2, -0.15) is 0 Å². The first-order chi connectivity index (χ1) is 8.81. The zero-order chi connectivity index (χ0) is 12.8. The zero-order valence-electron chi connectivity index (χ0n) is 10.6. The molecule has 0 atom stereocenters. The van der Waals surface area contributed by atoms with Gasteiger partial charge in [0.25, 0.3) is 0 Å². The van der Waals surface area contributed by atoms with Crippen molar-refractivity contribution in [3.8, 4) is 11.6 Å². The molecule has 2 aromatic heterocycles. The number of furan rings is 1. The second kappa shape index (κ2) is 6.28. The Morgan fingerprint density at radius 2 is 2.28 bits per heavy atom. The van der Waals surface area contributed by atoms with E-state index in [0.717, 1.165) is 23.6 Å². The van der Waals surface area contributed by atoms with Crippen LogP contribution in [-0.4, -0.2) is 30.2 Å². The smallest absolute Gasteiger partial charge is 0.196 e. The molecule has 0 bridgehead atoms. The molecule has 5 heteroatoms. The van der Waals surface area contributed by atoms with Gasteiger partial charge in [0.05, 0.1) is 18.6 Å². The average Bonchev–Trinajstić information content (AvgIpc) is 2.81. The van der Waals surface area contributed by atoms with Crippen LogP contribution >= 0.6 is 0 Å². The van der Waals surface area contributed by atoms with Gasteiger partial charge < -0.3 is 14.5 Å². The van der Waals surface area contributed by atoms with E-state index in [1.807, 2.05) is 19.1 Å². The van der Waals surface area contributed by atoms with E-state index in [1.165, 1.54) is 0 Å². The highest BCUT2D eigenvalue weighted by Gasteiger charge is 2.08. The standard InChI is InChI=1S/C13H17N3O2/c1-10-4-7-18-12(10)13-15-5-3-11(16-13)9-14-6-8-17-2/h3-5,7,14H,6,8-9H2,1-2H3. The first-order valence-corrected chi connectivity index (χ1v) is 5.87. The van der Waals surface area contributed by atoms with Gasteiger partial charge in [0.15, 0.2) is 11.6 Å². The van der Waals surface area contributed by atoms with E-state index in [1.54, 1.807) is 19.6 Å². The first-order valence-electron chi connectivity index (χ1n) is 5.87. The summed E-state index contributed by atoms with van der Waals surface area (Å²) in [6.07, 6.45) is 3.40. The molecule has 0 saturated heterocycles. The monoisotopic (exact) mass is 247 g/mol. The molecule has 0 spiro atoms. The van der Waals surface area contributed by atoms with Crippen molar-refractivity contribution in [3.05, 3.63) is 35.9 Å². The molecule has 2 aromatic rings. The van der Waals surface area contributed by atoms with Crippen molar-refractivity contribution >= 4 is 0 Å². The Morgan fingerprint density at radius 3 is 3.00 bits per heavy atom. The van der Waals surface area contributed by atoms with Crippen LogP contribution in [0.2, 0.25) is 0 Å². The predicted octanol–water partition coefficient (Wildman–Crippen LogP) is 1.78. The number of hydrogen-bond acceptors (Lipinski definition) is 5. The van der Waals surface area contributed by atoms with Gasteiger partial charge in [0.2, 0.25) is 0 Å². The van der Waals surface area contributed by atoms with E-state index < -0.39 is 0 Å². The summed E-state index contributed by atoms with van der Waals surface area (Å²) in [5.74, 6) is 1.36. The van der Waals surface area contributed by atoms with E-state index in [4.69, 9.17) is 9.15 Å². The highest BCUT2D eigenvalue weighted by molar-refractivity contribution is 5.51. The zero-order valence-corrected chi connectivity index (χ0v) is 10.6. The lowest BCUT2D eigenvalue weighted by atomic mass is 10.2. The Kier molecular flexibility index (Phi) is 4.44. The Balaban J connectivity index is 2.04. The number of methoxy groups -OCH3 is 1. The third-order valence-corrected chi connectivity index (χ3v) is 2.57. The summed E-state index contributed by atoms with van der Waals surface area (Å²) in [6.45, 7) is 4.16. The lowest BCUT2D eigenvalue weighted by molar-refractivity contribution is 0.199. The fraction of sp³-hybridized carbons (Fsp3) is 0.385. The molecule has 5 nitrogen and oxygen atoms in total. The number of aryl methyl sites for hydroxylation is 1. The lowest BCUT2D eigenvalue weighted by Gasteiger charge is -2.04. The van der Waals surface area contributed by atoms with Gasteiger partial charge in [-0.3, -0.25) is 0 Å². The van der Waals surface area contributed by atoms with Crippen LogP contribution in [0.3, 0.4) is 0 Å².